The van der Waals surface area contributed by atoms with Crippen molar-refractivity contribution >= 4 is 40.8 Å². The van der Waals surface area contributed by atoms with Crippen molar-refractivity contribution in [3.63, 3.8) is 0 Å². The molecule has 4 nitrogen and oxygen atoms in total. The summed E-state index contributed by atoms with van der Waals surface area (Å²) in [7, 11) is 1.76. The van der Waals surface area contributed by atoms with Gasteiger partial charge in [-0.1, -0.05) is 18.2 Å². The van der Waals surface area contributed by atoms with Crippen molar-refractivity contribution in [1.29, 1.82) is 0 Å². The highest BCUT2D eigenvalue weighted by Gasteiger charge is 2.03. The predicted octanol–water partition coefficient (Wildman–Crippen LogP) is 2.52. The van der Waals surface area contributed by atoms with Crippen LogP contribution in [0.5, 0.6) is 0 Å². The van der Waals surface area contributed by atoms with E-state index in [0.717, 1.165) is 25.5 Å². The van der Waals surface area contributed by atoms with Gasteiger partial charge in [0.1, 0.15) is 0 Å². The normalized spacial score (nSPS) is 10.8. The monoisotopic (exact) mass is 396 g/mol. The summed E-state index contributed by atoms with van der Waals surface area (Å²) in [6.45, 7) is 1.57. The van der Waals surface area contributed by atoms with Crippen LogP contribution in [0.2, 0.25) is 0 Å². The lowest BCUT2D eigenvalue weighted by Crippen LogP contribution is -2.38. The molecule has 3 N–H and O–H groups in total. The Morgan fingerprint density at radius 3 is 2.81 bits per heavy atom. The molecule has 2 rings (SSSR count). The number of hydrogen-bond donors (Lipinski definition) is 3. The first-order chi connectivity index (χ1) is 9.85. The van der Waals surface area contributed by atoms with Crippen LogP contribution in [0.4, 0.5) is 0 Å². The zero-order chi connectivity index (χ0) is 14.2. The van der Waals surface area contributed by atoms with Crippen LogP contribution in [0.15, 0.2) is 35.5 Å². The Balaban J connectivity index is 0.00000220. The van der Waals surface area contributed by atoms with E-state index in [4.69, 9.17) is 6.42 Å². The van der Waals surface area contributed by atoms with Gasteiger partial charge in [0, 0.05) is 43.7 Å². The summed E-state index contributed by atoms with van der Waals surface area (Å²) in [5.41, 5.74) is 2.49. The fourth-order valence-corrected chi connectivity index (χ4v) is 2.13. The van der Waals surface area contributed by atoms with Crippen LogP contribution in [0, 0.1) is 12.3 Å². The van der Waals surface area contributed by atoms with E-state index in [2.05, 4.69) is 50.9 Å². The molecule has 5 heteroatoms. The Morgan fingerprint density at radius 2 is 2.05 bits per heavy atom. The second kappa shape index (κ2) is 9.29. The molecule has 0 saturated carbocycles. The van der Waals surface area contributed by atoms with Gasteiger partial charge in [-0.25, -0.2) is 0 Å². The number of fused-ring (bicyclic) bond motifs is 1. The summed E-state index contributed by atoms with van der Waals surface area (Å²) >= 11 is 0. The average Bonchev–Trinajstić information content (AvgIpc) is 2.89. The number of hydrogen-bond acceptors (Lipinski definition) is 1. The van der Waals surface area contributed by atoms with Crippen molar-refractivity contribution in [1.82, 2.24) is 15.6 Å². The minimum atomic E-state index is 0. The Hall–Kier alpha value is -1.68. The standard InChI is InChI=1S/C16H20N4.HI/c1-3-4-10-18-16(17-2)19-11-9-13-12-20-15-8-6-5-7-14(13)15;/h1,5-8,12,20H,4,9-11H2,2H3,(H2,17,18,19);1H. The number of nitrogens with zero attached hydrogens (tertiary/aromatic N) is 1. The molecule has 2 aromatic rings. The lowest BCUT2D eigenvalue weighted by atomic mass is 10.1. The fourth-order valence-electron chi connectivity index (χ4n) is 2.13. The Morgan fingerprint density at radius 1 is 1.29 bits per heavy atom. The topological polar surface area (TPSA) is 52.2 Å². The van der Waals surface area contributed by atoms with Gasteiger partial charge in [-0.2, -0.15) is 0 Å². The maximum atomic E-state index is 5.22. The van der Waals surface area contributed by atoms with Gasteiger partial charge in [0.05, 0.1) is 0 Å². The van der Waals surface area contributed by atoms with E-state index < -0.39 is 0 Å². The van der Waals surface area contributed by atoms with Crippen LogP contribution in [-0.4, -0.2) is 31.1 Å². The van der Waals surface area contributed by atoms with Gasteiger partial charge in [-0.05, 0) is 18.1 Å². The van der Waals surface area contributed by atoms with Gasteiger partial charge < -0.3 is 15.6 Å². The number of aliphatic imine (C=N–C) groups is 1. The molecule has 0 radical (unpaired) electrons. The lowest BCUT2D eigenvalue weighted by Gasteiger charge is -2.10. The molecule has 0 spiro atoms. The summed E-state index contributed by atoms with van der Waals surface area (Å²) in [6.07, 6.45) is 8.93. The third-order valence-electron chi connectivity index (χ3n) is 3.15. The van der Waals surface area contributed by atoms with Gasteiger partial charge in [0.2, 0.25) is 0 Å². The van der Waals surface area contributed by atoms with Gasteiger partial charge in [0.15, 0.2) is 5.96 Å². The molecule has 1 aromatic carbocycles. The van der Waals surface area contributed by atoms with Crippen LogP contribution in [0.25, 0.3) is 10.9 Å². The van der Waals surface area contributed by atoms with Crippen molar-refractivity contribution in [2.45, 2.75) is 12.8 Å². The van der Waals surface area contributed by atoms with Crippen LogP contribution < -0.4 is 10.6 Å². The van der Waals surface area contributed by atoms with Crippen LogP contribution in [0.3, 0.4) is 0 Å². The Kier molecular flexibility index (Phi) is 7.69. The lowest BCUT2D eigenvalue weighted by molar-refractivity contribution is 0.798. The second-order valence-corrected chi connectivity index (χ2v) is 4.49. The van der Waals surface area contributed by atoms with Gasteiger partial charge in [-0.15, -0.1) is 36.3 Å². The largest absolute Gasteiger partial charge is 0.361 e. The SMILES string of the molecule is C#CCCNC(=NC)NCCc1c[nH]c2ccccc12.I. The van der Waals surface area contributed by atoms with Crippen molar-refractivity contribution in [3.8, 4) is 12.3 Å². The van der Waals surface area contributed by atoms with Crippen molar-refractivity contribution < 1.29 is 0 Å². The van der Waals surface area contributed by atoms with E-state index in [9.17, 15) is 0 Å². The molecule has 1 aromatic heterocycles. The molecule has 0 aliphatic heterocycles. The third kappa shape index (κ3) is 4.97. The first-order valence-electron chi connectivity index (χ1n) is 6.78. The van der Waals surface area contributed by atoms with E-state index in [1.165, 1.54) is 16.5 Å². The summed E-state index contributed by atoms with van der Waals surface area (Å²) in [4.78, 5) is 7.45. The number of terminal acetylenes is 1. The maximum Gasteiger partial charge on any atom is 0.191 e. The fraction of sp³-hybridized carbons (Fsp3) is 0.312. The summed E-state index contributed by atoms with van der Waals surface area (Å²) in [5.74, 6) is 3.39. The van der Waals surface area contributed by atoms with E-state index in [0.29, 0.717) is 6.42 Å². The molecule has 0 bridgehead atoms. The number of H-pyrrole nitrogens is 1. The number of para-hydroxylation sites is 1. The van der Waals surface area contributed by atoms with Gasteiger partial charge in [0.25, 0.3) is 0 Å². The number of halogens is 1. The molecule has 0 amide bonds. The van der Waals surface area contributed by atoms with E-state index in [-0.39, 0.29) is 24.0 Å². The molecular formula is C16H21IN4. The van der Waals surface area contributed by atoms with Crippen LogP contribution in [0.1, 0.15) is 12.0 Å². The average molecular weight is 396 g/mol. The first-order valence-corrected chi connectivity index (χ1v) is 6.78. The second-order valence-electron chi connectivity index (χ2n) is 4.49. The molecule has 0 aliphatic carbocycles. The van der Waals surface area contributed by atoms with Gasteiger partial charge in [-0.3, -0.25) is 4.99 Å². The molecule has 0 unspecified atom stereocenters. The van der Waals surface area contributed by atoms with E-state index in [1.807, 2.05) is 6.07 Å². The molecule has 0 atom stereocenters. The number of aromatic amines is 1. The van der Waals surface area contributed by atoms with Crippen LogP contribution in [-0.2, 0) is 6.42 Å². The highest BCUT2D eigenvalue weighted by atomic mass is 127. The van der Waals surface area contributed by atoms with Crippen molar-refractivity contribution in [3.05, 3.63) is 36.0 Å². The number of rotatable bonds is 5. The molecule has 0 aliphatic rings. The minimum Gasteiger partial charge on any atom is -0.361 e. The summed E-state index contributed by atoms with van der Waals surface area (Å²) in [5, 5.41) is 7.75. The van der Waals surface area contributed by atoms with Crippen LogP contribution >= 0.6 is 24.0 Å². The Labute approximate surface area is 142 Å². The predicted molar refractivity (Wildman–Crippen MR) is 100 cm³/mol. The zero-order valence-electron chi connectivity index (χ0n) is 12.1. The smallest absolute Gasteiger partial charge is 0.191 e. The molecule has 1 heterocycles. The maximum absolute atomic E-state index is 5.22. The molecule has 0 fully saturated rings. The number of nitrogens with one attached hydrogen (secondary N) is 3. The molecule has 112 valence electrons. The summed E-state index contributed by atoms with van der Waals surface area (Å²) < 4.78 is 0. The number of benzene rings is 1. The summed E-state index contributed by atoms with van der Waals surface area (Å²) in [6, 6.07) is 8.33. The molecule has 0 saturated heterocycles. The highest BCUT2D eigenvalue weighted by molar-refractivity contribution is 14.0. The number of guanidine groups is 1. The Bertz CT molecular complexity index is 624. The van der Waals surface area contributed by atoms with E-state index >= 15 is 0 Å². The highest BCUT2D eigenvalue weighted by Crippen LogP contribution is 2.17. The molecular weight excluding hydrogens is 375 g/mol. The first kappa shape index (κ1) is 17.4. The van der Waals surface area contributed by atoms with E-state index in [1.54, 1.807) is 7.05 Å². The zero-order valence-corrected chi connectivity index (χ0v) is 14.5. The minimum absolute atomic E-state index is 0. The van der Waals surface area contributed by atoms with Crippen molar-refractivity contribution in [2.24, 2.45) is 4.99 Å². The third-order valence-corrected chi connectivity index (χ3v) is 3.15. The molecule has 21 heavy (non-hydrogen) atoms. The van der Waals surface area contributed by atoms with Crippen molar-refractivity contribution in [2.75, 3.05) is 20.1 Å². The quantitative estimate of drug-likeness (QED) is 0.239. The van der Waals surface area contributed by atoms with Gasteiger partial charge >= 0.3 is 0 Å². The number of aromatic nitrogens is 1.